The van der Waals surface area contributed by atoms with Crippen molar-refractivity contribution in [1.29, 1.82) is 0 Å². The van der Waals surface area contributed by atoms with E-state index in [1.165, 1.54) is 22.3 Å². The Kier molecular flexibility index (Phi) is 6.47. The van der Waals surface area contributed by atoms with Gasteiger partial charge in [-0.15, -0.1) is 0 Å². The highest BCUT2D eigenvalue weighted by Gasteiger charge is 2.16. The van der Waals surface area contributed by atoms with Gasteiger partial charge in [-0.05, 0) is 88.3 Å². The van der Waals surface area contributed by atoms with Crippen LogP contribution in [0.15, 0.2) is 174 Å². The van der Waals surface area contributed by atoms with E-state index in [1.807, 2.05) is 48.5 Å². The molecule has 0 fully saturated rings. The Morgan fingerprint density at radius 3 is 1.43 bits per heavy atom. The summed E-state index contributed by atoms with van der Waals surface area (Å²) in [5.41, 5.74) is 10.7. The van der Waals surface area contributed by atoms with Gasteiger partial charge in [-0.3, -0.25) is 0 Å². The molecule has 1 aromatic heterocycles. The molecule has 208 valence electrons. The van der Waals surface area contributed by atoms with Crippen molar-refractivity contribution in [2.24, 2.45) is 0 Å². The zero-order valence-electron chi connectivity index (χ0n) is 24.0. The number of nitrogens with zero attached hydrogens (tertiary/aromatic N) is 2. The summed E-state index contributed by atoms with van der Waals surface area (Å²) in [5.74, 6) is 0.635. The van der Waals surface area contributed by atoms with Crippen molar-refractivity contribution < 1.29 is 4.42 Å². The largest absolute Gasteiger partial charge is 0.436 e. The van der Waals surface area contributed by atoms with Crippen LogP contribution in [0.25, 0.3) is 55.6 Å². The summed E-state index contributed by atoms with van der Waals surface area (Å²) in [7, 11) is 0. The van der Waals surface area contributed by atoms with Gasteiger partial charge in [0.25, 0.3) is 0 Å². The number of rotatable bonds is 6. The monoisotopic (exact) mass is 564 g/mol. The van der Waals surface area contributed by atoms with Gasteiger partial charge < -0.3 is 9.32 Å². The molecule has 3 nitrogen and oxygen atoms in total. The van der Waals surface area contributed by atoms with Gasteiger partial charge in [-0.25, -0.2) is 4.98 Å². The van der Waals surface area contributed by atoms with E-state index in [1.54, 1.807) is 0 Å². The van der Waals surface area contributed by atoms with Gasteiger partial charge in [0.2, 0.25) is 5.89 Å². The maximum atomic E-state index is 6.15. The number of benzene rings is 7. The summed E-state index contributed by atoms with van der Waals surface area (Å²) in [6, 6.07) is 59.3. The zero-order valence-corrected chi connectivity index (χ0v) is 24.0. The summed E-state index contributed by atoms with van der Waals surface area (Å²) < 4.78 is 6.15. The Balaban J connectivity index is 1.22. The summed E-state index contributed by atoms with van der Waals surface area (Å²) in [4.78, 5) is 7.21. The molecule has 0 amide bonds. The first kappa shape index (κ1) is 25.8. The van der Waals surface area contributed by atoms with Crippen molar-refractivity contribution in [2.75, 3.05) is 4.90 Å². The zero-order chi connectivity index (χ0) is 29.3. The molecule has 3 heteroatoms. The maximum Gasteiger partial charge on any atom is 0.227 e. The lowest BCUT2D eigenvalue weighted by Gasteiger charge is -2.26. The van der Waals surface area contributed by atoms with Gasteiger partial charge in [0.15, 0.2) is 5.58 Å². The van der Waals surface area contributed by atoms with Crippen LogP contribution in [-0.2, 0) is 0 Å². The number of aromatic nitrogens is 1. The molecular formula is C41H28N2O. The van der Waals surface area contributed by atoms with Crippen molar-refractivity contribution in [1.82, 2.24) is 4.98 Å². The van der Waals surface area contributed by atoms with Gasteiger partial charge in [0.1, 0.15) is 5.52 Å². The average molecular weight is 565 g/mol. The lowest BCUT2D eigenvalue weighted by atomic mass is 10.0. The van der Waals surface area contributed by atoms with E-state index in [0.29, 0.717) is 5.89 Å². The highest BCUT2D eigenvalue weighted by molar-refractivity contribution is 6.05. The van der Waals surface area contributed by atoms with E-state index in [9.17, 15) is 0 Å². The van der Waals surface area contributed by atoms with E-state index in [4.69, 9.17) is 9.40 Å². The quantitative estimate of drug-likeness (QED) is 0.201. The fourth-order valence-electron chi connectivity index (χ4n) is 5.86. The number of fused-ring (bicyclic) bond motifs is 3. The van der Waals surface area contributed by atoms with E-state index in [-0.39, 0.29) is 0 Å². The van der Waals surface area contributed by atoms with E-state index in [0.717, 1.165) is 44.5 Å². The first-order chi connectivity index (χ1) is 21.8. The van der Waals surface area contributed by atoms with Crippen molar-refractivity contribution >= 4 is 38.9 Å². The molecular weight excluding hydrogens is 536 g/mol. The first-order valence-corrected chi connectivity index (χ1v) is 14.8. The van der Waals surface area contributed by atoms with Gasteiger partial charge in [0.05, 0.1) is 0 Å². The third-order valence-electron chi connectivity index (χ3n) is 8.10. The minimum Gasteiger partial charge on any atom is -0.436 e. The van der Waals surface area contributed by atoms with Crippen LogP contribution in [-0.4, -0.2) is 4.98 Å². The molecule has 8 aromatic rings. The fourth-order valence-corrected chi connectivity index (χ4v) is 5.86. The van der Waals surface area contributed by atoms with Crippen LogP contribution >= 0.6 is 0 Å². The Morgan fingerprint density at radius 2 is 0.886 bits per heavy atom. The van der Waals surface area contributed by atoms with Crippen LogP contribution < -0.4 is 4.90 Å². The number of hydrogen-bond acceptors (Lipinski definition) is 3. The Bertz CT molecular complexity index is 2100. The van der Waals surface area contributed by atoms with Crippen molar-refractivity contribution in [2.45, 2.75) is 0 Å². The predicted octanol–water partition coefficient (Wildman–Crippen LogP) is 11.5. The Hall–Kier alpha value is -5.93. The minimum absolute atomic E-state index is 0.635. The first-order valence-electron chi connectivity index (χ1n) is 14.8. The maximum absolute atomic E-state index is 6.15. The van der Waals surface area contributed by atoms with Crippen molar-refractivity contribution in [3.05, 3.63) is 170 Å². The van der Waals surface area contributed by atoms with Crippen LogP contribution in [0.4, 0.5) is 17.1 Å². The second kappa shape index (κ2) is 11.0. The van der Waals surface area contributed by atoms with Gasteiger partial charge in [-0.1, -0.05) is 109 Å². The molecule has 0 aliphatic rings. The molecule has 44 heavy (non-hydrogen) atoms. The summed E-state index contributed by atoms with van der Waals surface area (Å²) in [5, 5.41) is 2.17. The number of oxazole rings is 1. The minimum atomic E-state index is 0.635. The van der Waals surface area contributed by atoms with Crippen molar-refractivity contribution in [3.8, 4) is 33.7 Å². The molecule has 0 saturated carbocycles. The molecule has 0 spiro atoms. The Morgan fingerprint density at radius 1 is 0.409 bits per heavy atom. The van der Waals surface area contributed by atoms with Gasteiger partial charge >= 0.3 is 0 Å². The summed E-state index contributed by atoms with van der Waals surface area (Å²) >= 11 is 0. The van der Waals surface area contributed by atoms with E-state index < -0.39 is 0 Å². The van der Waals surface area contributed by atoms with E-state index >= 15 is 0 Å². The topological polar surface area (TPSA) is 29.3 Å². The highest BCUT2D eigenvalue weighted by Crippen LogP contribution is 2.39. The normalized spacial score (nSPS) is 11.2. The van der Waals surface area contributed by atoms with Crippen LogP contribution in [0.2, 0.25) is 0 Å². The average Bonchev–Trinajstić information content (AvgIpc) is 3.55. The molecule has 8 rings (SSSR count). The second-order valence-corrected chi connectivity index (χ2v) is 10.9. The SMILES string of the molecule is c1ccc(-c2ccc(N(c3ccc(-c4ccccc4)cc3)c3ccc4c(ccc5oc(-c6ccccc6)nc54)c3)cc2)cc1. The number of anilines is 3. The Labute approximate surface area is 256 Å². The summed E-state index contributed by atoms with van der Waals surface area (Å²) in [6.45, 7) is 0. The molecule has 0 aliphatic carbocycles. The number of hydrogen-bond donors (Lipinski definition) is 0. The highest BCUT2D eigenvalue weighted by atomic mass is 16.3. The fraction of sp³-hybridized carbons (Fsp3) is 0. The molecule has 0 N–H and O–H groups in total. The smallest absolute Gasteiger partial charge is 0.227 e. The molecule has 1 heterocycles. The second-order valence-electron chi connectivity index (χ2n) is 10.9. The molecule has 0 radical (unpaired) electrons. The van der Waals surface area contributed by atoms with Crippen LogP contribution in [0.5, 0.6) is 0 Å². The predicted molar refractivity (Wildman–Crippen MR) is 183 cm³/mol. The van der Waals surface area contributed by atoms with E-state index in [2.05, 4.69) is 126 Å². The molecule has 0 atom stereocenters. The van der Waals surface area contributed by atoms with Gasteiger partial charge in [0, 0.05) is 28.0 Å². The molecule has 0 bridgehead atoms. The summed E-state index contributed by atoms with van der Waals surface area (Å²) in [6.07, 6.45) is 0. The van der Waals surface area contributed by atoms with Crippen LogP contribution in [0.1, 0.15) is 0 Å². The molecule has 7 aromatic carbocycles. The standard InChI is InChI=1S/C41H28N2O/c1-4-10-29(11-5-1)31-16-21-35(22-17-31)43(36-23-18-32(19-24-36)30-12-6-2-7-13-30)37-25-26-38-34(28-37)20-27-39-40(38)42-41(44-39)33-14-8-3-9-15-33/h1-28H. The lowest BCUT2D eigenvalue weighted by molar-refractivity contribution is 0.620. The van der Waals surface area contributed by atoms with Gasteiger partial charge in [-0.2, -0.15) is 0 Å². The third kappa shape index (κ3) is 4.81. The molecule has 0 aliphatic heterocycles. The van der Waals surface area contributed by atoms with Crippen LogP contribution in [0.3, 0.4) is 0 Å². The molecule has 0 saturated heterocycles. The third-order valence-corrected chi connectivity index (χ3v) is 8.10. The lowest BCUT2D eigenvalue weighted by Crippen LogP contribution is -2.09. The van der Waals surface area contributed by atoms with Crippen LogP contribution in [0, 0.1) is 0 Å². The molecule has 0 unspecified atom stereocenters. The van der Waals surface area contributed by atoms with Crippen molar-refractivity contribution in [3.63, 3.8) is 0 Å².